The number of aromatic nitrogens is 8. The first-order chi connectivity index (χ1) is 34.4. The van der Waals surface area contributed by atoms with Gasteiger partial charge in [-0.2, -0.15) is 0 Å². The number of methoxy groups -OCH3 is 2. The quantitative estimate of drug-likeness (QED) is 0.0740. The van der Waals surface area contributed by atoms with Crippen LogP contribution in [0.5, 0.6) is 0 Å². The van der Waals surface area contributed by atoms with Gasteiger partial charge < -0.3 is 20.1 Å². The maximum Gasteiger partial charge on any atom is 0.330 e. The van der Waals surface area contributed by atoms with Gasteiger partial charge in [-0.3, -0.25) is 14.8 Å². The van der Waals surface area contributed by atoms with Crippen LogP contribution in [0.4, 0.5) is 11.6 Å². The van der Waals surface area contributed by atoms with Gasteiger partial charge in [0, 0.05) is 86.4 Å². The Morgan fingerprint density at radius 2 is 1.04 bits per heavy atom. The van der Waals surface area contributed by atoms with E-state index in [-0.39, 0.29) is 7.40 Å². The van der Waals surface area contributed by atoms with Crippen LogP contribution in [0.15, 0.2) is 189 Å². The minimum absolute atomic E-state index is 0. The zero-order valence-corrected chi connectivity index (χ0v) is 38.5. The second kappa shape index (κ2) is 22.0. The topological polar surface area (TPSA) is 163 Å². The lowest BCUT2D eigenvalue weighted by molar-refractivity contribution is -0.140. The molecule has 70 heavy (non-hydrogen) atoms. The van der Waals surface area contributed by atoms with Crippen LogP contribution < -0.4 is 10.6 Å². The number of anilines is 2. The second-order valence-corrected chi connectivity index (χ2v) is 16.0. The molecule has 0 saturated heterocycles. The third kappa shape index (κ3) is 11.1. The first kappa shape index (κ1) is 45.8. The lowest BCUT2D eigenvalue weighted by Crippen LogP contribution is -2.07. The molecule has 0 spiro atoms. The Kier molecular flexibility index (Phi) is 14.4. The number of benzene rings is 4. The summed E-state index contributed by atoms with van der Waals surface area (Å²) >= 11 is 0. The summed E-state index contributed by atoms with van der Waals surface area (Å²) in [5, 5.41) is 16.6. The predicted octanol–water partition coefficient (Wildman–Crippen LogP) is 10.7. The number of carbonyl (C=O) groups excluding carboxylic acids is 2. The van der Waals surface area contributed by atoms with Crippen molar-refractivity contribution in [3.8, 4) is 45.0 Å². The Hall–Kier alpha value is -9.30. The molecule has 6 heterocycles. The number of hydrogen-bond acceptors (Lipinski definition) is 12. The summed E-state index contributed by atoms with van der Waals surface area (Å²) in [5.41, 5.74) is 11.6. The number of ether oxygens (including phenoxy) is 2. The highest BCUT2D eigenvalue weighted by atomic mass is 16.5. The number of esters is 2. The van der Waals surface area contributed by atoms with Crippen LogP contribution in [0.1, 0.15) is 30.1 Å². The Bertz CT molecular complexity index is 3410. The predicted molar refractivity (Wildman–Crippen MR) is 274 cm³/mol. The van der Waals surface area contributed by atoms with E-state index in [1.54, 1.807) is 30.9 Å². The SMILES string of the molecule is COC(=O)/C=C/c1cncc(-c2nc(NCc3ccccc3)c3c(-c4ccccc4)ccn3n2)c1.COC(=O)CCc1cncc(-c2nc(NCc3ccccc3)c3c(-c4ccccc4)ccn3n2)c1.[HH]. The number of nitrogens with one attached hydrogen (secondary N) is 2. The van der Waals surface area contributed by atoms with Gasteiger partial charge in [-0.15, -0.1) is 10.2 Å². The fourth-order valence-electron chi connectivity index (χ4n) is 7.80. The number of carbonyl (C=O) groups is 2. The van der Waals surface area contributed by atoms with Crippen molar-refractivity contribution in [2.24, 2.45) is 0 Å². The molecule has 0 aliphatic carbocycles. The van der Waals surface area contributed by atoms with Crippen LogP contribution in [-0.4, -0.2) is 65.3 Å². The number of aryl methyl sites for hydroxylation is 1. The summed E-state index contributed by atoms with van der Waals surface area (Å²) in [7, 11) is 2.74. The zero-order valence-electron chi connectivity index (χ0n) is 38.5. The molecule has 348 valence electrons. The third-order valence-electron chi connectivity index (χ3n) is 11.3. The Balaban J connectivity index is 0.000000188. The minimum atomic E-state index is -0.429. The highest BCUT2D eigenvalue weighted by Gasteiger charge is 2.18. The number of pyridine rings is 2. The molecule has 4 aromatic carbocycles. The minimum Gasteiger partial charge on any atom is -0.469 e. The van der Waals surface area contributed by atoms with Gasteiger partial charge in [0.25, 0.3) is 0 Å². The Labute approximate surface area is 405 Å². The lowest BCUT2D eigenvalue weighted by Gasteiger charge is -2.12. The number of hydrogen-bond donors (Lipinski definition) is 2. The van der Waals surface area contributed by atoms with Crippen molar-refractivity contribution in [3.63, 3.8) is 0 Å². The molecule has 0 amide bonds. The van der Waals surface area contributed by atoms with Gasteiger partial charge in [-0.05, 0) is 70.1 Å². The average molecular weight is 927 g/mol. The molecule has 0 fully saturated rings. The van der Waals surface area contributed by atoms with E-state index < -0.39 is 5.97 Å². The van der Waals surface area contributed by atoms with E-state index in [9.17, 15) is 9.59 Å². The van der Waals surface area contributed by atoms with Gasteiger partial charge in [-0.1, -0.05) is 121 Å². The Morgan fingerprint density at radius 1 is 0.557 bits per heavy atom. The van der Waals surface area contributed by atoms with Gasteiger partial charge in [0.2, 0.25) is 0 Å². The van der Waals surface area contributed by atoms with Gasteiger partial charge >= 0.3 is 11.9 Å². The summed E-state index contributed by atoms with van der Waals surface area (Å²) < 4.78 is 13.1. The number of rotatable bonds is 15. The van der Waals surface area contributed by atoms with E-state index in [4.69, 9.17) is 24.9 Å². The van der Waals surface area contributed by atoms with Crippen molar-refractivity contribution in [3.05, 3.63) is 211 Å². The molecule has 0 atom stereocenters. The van der Waals surface area contributed by atoms with Crippen LogP contribution in [0.3, 0.4) is 0 Å². The molecule has 0 aliphatic rings. The van der Waals surface area contributed by atoms with Crippen LogP contribution in [-0.2, 0) is 38.6 Å². The van der Waals surface area contributed by atoms with Crippen molar-refractivity contribution in [2.75, 3.05) is 24.9 Å². The molecule has 2 N–H and O–H groups in total. The molecule has 0 aliphatic heterocycles. The maximum atomic E-state index is 11.6. The third-order valence-corrected chi connectivity index (χ3v) is 11.3. The summed E-state index contributed by atoms with van der Waals surface area (Å²) in [4.78, 5) is 41.5. The van der Waals surface area contributed by atoms with Crippen molar-refractivity contribution in [2.45, 2.75) is 25.9 Å². The highest BCUT2D eigenvalue weighted by molar-refractivity contribution is 5.90. The van der Waals surface area contributed by atoms with E-state index >= 15 is 0 Å². The summed E-state index contributed by atoms with van der Waals surface area (Å²) in [6.07, 6.45) is 14.6. The Morgan fingerprint density at radius 3 is 1.54 bits per heavy atom. The van der Waals surface area contributed by atoms with Crippen LogP contribution in [0.25, 0.3) is 62.1 Å². The second-order valence-electron chi connectivity index (χ2n) is 16.0. The monoisotopic (exact) mass is 926 g/mol. The molecular formula is C56H50N10O4. The van der Waals surface area contributed by atoms with Crippen molar-refractivity contribution in [1.82, 2.24) is 39.2 Å². The van der Waals surface area contributed by atoms with Gasteiger partial charge in [0.1, 0.15) is 11.0 Å². The summed E-state index contributed by atoms with van der Waals surface area (Å²) in [5.74, 6) is 1.85. The van der Waals surface area contributed by atoms with Gasteiger partial charge in [-0.25, -0.2) is 23.8 Å². The summed E-state index contributed by atoms with van der Waals surface area (Å²) in [6, 6.07) is 48.8. The van der Waals surface area contributed by atoms with Crippen molar-refractivity contribution in [1.29, 1.82) is 0 Å². The van der Waals surface area contributed by atoms with Crippen LogP contribution in [0.2, 0.25) is 0 Å². The molecule has 0 unspecified atom stereocenters. The molecule has 0 bridgehead atoms. The molecular weight excluding hydrogens is 877 g/mol. The first-order valence-corrected chi connectivity index (χ1v) is 22.6. The summed E-state index contributed by atoms with van der Waals surface area (Å²) in [6.45, 7) is 1.25. The van der Waals surface area contributed by atoms with Crippen LogP contribution in [0, 0.1) is 0 Å². The molecule has 6 aromatic heterocycles. The molecule has 10 aromatic rings. The fourth-order valence-corrected chi connectivity index (χ4v) is 7.80. The molecule has 10 rings (SSSR count). The van der Waals surface area contributed by atoms with Crippen LogP contribution >= 0.6 is 0 Å². The fraction of sp³-hybridized carbons (Fsp3) is 0.107. The molecule has 0 saturated carbocycles. The zero-order chi connectivity index (χ0) is 48.1. The average Bonchev–Trinajstić information content (AvgIpc) is 4.07. The van der Waals surface area contributed by atoms with Crippen molar-refractivity contribution >= 4 is 40.7 Å². The first-order valence-electron chi connectivity index (χ1n) is 22.6. The van der Waals surface area contributed by atoms with E-state index in [0.717, 1.165) is 78.3 Å². The molecule has 0 radical (unpaired) electrons. The highest BCUT2D eigenvalue weighted by Crippen LogP contribution is 2.33. The maximum absolute atomic E-state index is 11.6. The van der Waals surface area contributed by atoms with E-state index in [1.165, 1.54) is 20.3 Å². The lowest BCUT2D eigenvalue weighted by atomic mass is 10.1. The largest absolute Gasteiger partial charge is 0.469 e. The smallest absolute Gasteiger partial charge is 0.330 e. The number of nitrogens with zero attached hydrogens (tertiary/aromatic N) is 8. The number of fused-ring (bicyclic) bond motifs is 2. The standard InChI is InChI=1S/C28H25N5O2.C28H23N5O2.H2/c2*1-35-25(34)13-12-21-16-23(19-29-17-21)27-31-28(30-18-20-8-4-2-5-9-20)26-24(14-15-33(26)32-27)22-10-6-3-7-11-22;/h2-11,14-17,19H,12-13,18H2,1H3,(H,30,31,32);2-17,19H,18H2,1H3,(H,30,31,32);1H/b;13-12+;. The van der Waals surface area contributed by atoms with Gasteiger partial charge in [0.05, 0.1) is 14.2 Å². The normalized spacial score (nSPS) is 11.0. The van der Waals surface area contributed by atoms with E-state index in [1.807, 2.05) is 112 Å². The van der Waals surface area contributed by atoms with E-state index in [2.05, 4.69) is 79.9 Å². The van der Waals surface area contributed by atoms with Crippen molar-refractivity contribution < 1.29 is 20.5 Å². The molecule has 14 heteroatoms. The van der Waals surface area contributed by atoms with E-state index in [0.29, 0.717) is 37.6 Å². The molecule has 14 nitrogen and oxygen atoms in total. The van der Waals surface area contributed by atoms with Gasteiger partial charge in [0.15, 0.2) is 23.3 Å².